The third-order valence-electron chi connectivity index (χ3n) is 4.52. The molecule has 2 atom stereocenters. The first-order chi connectivity index (χ1) is 9.35. The van der Waals surface area contributed by atoms with E-state index in [-0.39, 0.29) is 0 Å². The highest BCUT2D eigenvalue weighted by Gasteiger charge is 2.33. The zero-order valence-electron chi connectivity index (χ0n) is 12.4. The number of nitrogens with zero attached hydrogens (tertiary/aromatic N) is 2. The molecule has 0 bridgehead atoms. The van der Waals surface area contributed by atoms with Gasteiger partial charge in [0.25, 0.3) is 0 Å². The molecule has 3 nitrogen and oxygen atoms in total. The predicted octanol–water partition coefficient (Wildman–Crippen LogP) is 1.94. The molecule has 2 unspecified atom stereocenters. The molecule has 20 heavy (non-hydrogen) atoms. The van der Waals surface area contributed by atoms with Gasteiger partial charge in [0.2, 0.25) is 0 Å². The van der Waals surface area contributed by atoms with Gasteiger partial charge in [-0.2, -0.15) is 13.2 Å². The molecule has 1 aliphatic heterocycles. The second-order valence-corrected chi connectivity index (χ2v) is 6.33. The molecule has 0 aromatic rings. The fourth-order valence-electron chi connectivity index (χ4n) is 2.75. The fraction of sp³-hybridized carbons (Fsp3) is 1.00. The second kappa shape index (κ2) is 6.62. The molecule has 0 aromatic carbocycles. The van der Waals surface area contributed by atoms with Crippen LogP contribution in [0.3, 0.4) is 0 Å². The van der Waals surface area contributed by atoms with Crippen LogP contribution < -0.4 is 5.32 Å². The molecule has 1 saturated carbocycles. The van der Waals surface area contributed by atoms with Gasteiger partial charge in [0.1, 0.15) is 0 Å². The van der Waals surface area contributed by atoms with Crippen LogP contribution in [0.25, 0.3) is 0 Å². The van der Waals surface area contributed by atoms with Gasteiger partial charge in [0.15, 0.2) is 0 Å². The Morgan fingerprint density at radius 2 is 1.70 bits per heavy atom. The Morgan fingerprint density at radius 1 is 1.10 bits per heavy atom. The monoisotopic (exact) mass is 293 g/mol. The van der Waals surface area contributed by atoms with Crippen LogP contribution in [0.15, 0.2) is 0 Å². The van der Waals surface area contributed by atoms with E-state index < -0.39 is 12.7 Å². The minimum atomic E-state index is -4.07. The lowest BCUT2D eigenvalue weighted by Gasteiger charge is -2.40. The SMILES string of the molecule is CC(CNC1CC1)C(C)N1CCN(CC(F)(F)F)CC1. The van der Waals surface area contributed by atoms with E-state index in [1.54, 1.807) is 0 Å². The average Bonchev–Trinajstić information content (AvgIpc) is 3.18. The summed E-state index contributed by atoms with van der Waals surface area (Å²) < 4.78 is 37.0. The summed E-state index contributed by atoms with van der Waals surface area (Å²) in [4.78, 5) is 3.84. The first-order valence-electron chi connectivity index (χ1n) is 7.61. The quantitative estimate of drug-likeness (QED) is 0.807. The molecule has 0 aromatic heterocycles. The molecule has 1 N–H and O–H groups in total. The second-order valence-electron chi connectivity index (χ2n) is 6.33. The summed E-state index contributed by atoms with van der Waals surface area (Å²) in [5.74, 6) is 0.532. The first-order valence-corrected chi connectivity index (χ1v) is 7.61. The van der Waals surface area contributed by atoms with E-state index in [2.05, 4.69) is 24.1 Å². The number of piperazine rings is 1. The third-order valence-corrected chi connectivity index (χ3v) is 4.52. The van der Waals surface area contributed by atoms with Gasteiger partial charge in [0.05, 0.1) is 6.54 Å². The molecular weight excluding hydrogens is 267 g/mol. The molecule has 1 saturated heterocycles. The summed E-state index contributed by atoms with van der Waals surface area (Å²) in [5.41, 5.74) is 0. The number of halogens is 3. The van der Waals surface area contributed by atoms with Crippen LogP contribution in [0.4, 0.5) is 13.2 Å². The number of nitrogens with one attached hydrogen (secondary N) is 1. The van der Waals surface area contributed by atoms with E-state index >= 15 is 0 Å². The van der Waals surface area contributed by atoms with Crippen LogP contribution >= 0.6 is 0 Å². The van der Waals surface area contributed by atoms with Gasteiger partial charge in [0, 0.05) is 38.3 Å². The van der Waals surface area contributed by atoms with Gasteiger partial charge in [-0.05, 0) is 32.2 Å². The Balaban J connectivity index is 1.68. The third kappa shape index (κ3) is 5.22. The van der Waals surface area contributed by atoms with Crippen molar-refractivity contribution >= 4 is 0 Å². The zero-order chi connectivity index (χ0) is 14.8. The smallest absolute Gasteiger partial charge is 0.314 e. The Labute approximate surface area is 119 Å². The molecular formula is C14H26F3N3. The number of alkyl halides is 3. The Bertz CT molecular complexity index is 297. The van der Waals surface area contributed by atoms with Crippen LogP contribution in [0, 0.1) is 5.92 Å². The van der Waals surface area contributed by atoms with Crippen molar-refractivity contribution in [3.05, 3.63) is 0 Å². The van der Waals surface area contributed by atoms with Crippen molar-refractivity contribution in [1.82, 2.24) is 15.1 Å². The summed E-state index contributed by atoms with van der Waals surface area (Å²) in [6.45, 7) is 7.18. The van der Waals surface area contributed by atoms with E-state index in [0.717, 1.165) is 19.6 Å². The maximum Gasteiger partial charge on any atom is 0.401 e. The maximum atomic E-state index is 12.3. The molecule has 1 aliphatic carbocycles. The van der Waals surface area contributed by atoms with Crippen LogP contribution in [-0.2, 0) is 0 Å². The van der Waals surface area contributed by atoms with Gasteiger partial charge in [-0.25, -0.2) is 0 Å². The summed E-state index contributed by atoms with van der Waals surface area (Å²) in [7, 11) is 0. The van der Waals surface area contributed by atoms with Crippen molar-refractivity contribution in [1.29, 1.82) is 0 Å². The standard InChI is InChI=1S/C14H26F3N3/c1-11(9-18-13-3-4-13)12(2)20-7-5-19(6-8-20)10-14(15,16)17/h11-13,18H,3-10H2,1-2H3. The molecule has 2 aliphatic rings. The lowest BCUT2D eigenvalue weighted by atomic mass is 10.0. The van der Waals surface area contributed by atoms with Gasteiger partial charge in [-0.15, -0.1) is 0 Å². The molecule has 6 heteroatoms. The van der Waals surface area contributed by atoms with Gasteiger partial charge in [-0.3, -0.25) is 9.80 Å². The van der Waals surface area contributed by atoms with E-state index in [1.807, 2.05) is 0 Å². The number of rotatable bonds is 6. The number of hydrogen-bond donors (Lipinski definition) is 1. The van der Waals surface area contributed by atoms with Crippen molar-refractivity contribution in [2.75, 3.05) is 39.3 Å². The Hall–Kier alpha value is -0.330. The normalized spacial score (nSPS) is 25.6. The van der Waals surface area contributed by atoms with E-state index in [9.17, 15) is 13.2 Å². The first kappa shape index (κ1) is 16.0. The highest BCUT2D eigenvalue weighted by Crippen LogP contribution is 2.21. The van der Waals surface area contributed by atoms with E-state index in [0.29, 0.717) is 31.1 Å². The molecule has 0 radical (unpaired) electrons. The minimum absolute atomic E-state index is 0.425. The van der Waals surface area contributed by atoms with Crippen molar-refractivity contribution in [3.63, 3.8) is 0 Å². The van der Waals surface area contributed by atoms with E-state index in [4.69, 9.17) is 0 Å². The molecule has 0 spiro atoms. The minimum Gasteiger partial charge on any atom is -0.314 e. The number of hydrogen-bond acceptors (Lipinski definition) is 3. The zero-order valence-corrected chi connectivity index (χ0v) is 12.4. The van der Waals surface area contributed by atoms with Crippen molar-refractivity contribution < 1.29 is 13.2 Å². The van der Waals surface area contributed by atoms with Crippen LogP contribution in [0.1, 0.15) is 26.7 Å². The van der Waals surface area contributed by atoms with Crippen molar-refractivity contribution in [2.45, 2.75) is 44.9 Å². The summed E-state index contributed by atoms with van der Waals surface area (Å²) in [6.07, 6.45) is -1.50. The van der Waals surface area contributed by atoms with Crippen LogP contribution in [0.5, 0.6) is 0 Å². The van der Waals surface area contributed by atoms with Gasteiger partial charge >= 0.3 is 6.18 Å². The Morgan fingerprint density at radius 3 is 2.20 bits per heavy atom. The van der Waals surface area contributed by atoms with E-state index in [1.165, 1.54) is 17.7 Å². The summed E-state index contributed by atoms with van der Waals surface area (Å²) in [5, 5.41) is 3.53. The van der Waals surface area contributed by atoms with Crippen LogP contribution in [-0.4, -0.2) is 67.3 Å². The summed E-state index contributed by atoms with van der Waals surface area (Å²) in [6, 6.07) is 1.14. The predicted molar refractivity (Wildman–Crippen MR) is 73.7 cm³/mol. The topological polar surface area (TPSA) is 18.5 Å². The molecule has 2 fully saturated rings. The van der Waals surface area contributed by atoms with Gasteiger partial charge in [-0.1, -0.05) is 6.92 Å². The molecule has 1 heterocycles. The van der Waals surface area contributed by atoms with Crippen LogP contribution in [0.2, 0.25) is 0 Å². The molecule has 2 rings (SSSR count). The van der Waals surface area contributed by atoms with Crippen molar-refractivity contribution in [3.8, 4) is 0 Å². The van der Waals surface area contributed by atoms with Crippen molar-refractivity contribution in [2.24, 2.45) is 5.92 Å². The largest absolute Gasteiger partial charge is 0.401 e. The Kier molecular flexibility index (Phi) is 5.31. The highest BCUT2D eigenvalue weighted by atomic mass is 19.4. The fourth-order valence-corrected chi connectivity index (χ4v) is 2.75. The highest BCUT2D eigenvalue weighted by molar-refractivity contribution is 4.85. The summed E-state index contributed by atoms with van der Waals surface area (Å²) >= 11 is 0. The average molecular weight is 293 g/mol. The molecule has 0 amide bonds. The lowest BCUT2D eigenvalue weighted by molar-refractivity contribution is -0.150. The van der Waals surface area contributed by atoms with Gasteiger partial charge < -0.3 is 5.32 Å². The maximum absolute atomic E-state index is 12.3. The lowest BCUT2D eigenvalue weighted by Crippen LogP contribution is -2.53. The molecule has 118 valence electrons.